The Bertz CT molecular complexity index is 672. The lowest BCUT2D eigenvalue weighted by molar-refractivity contribution is -0.906. The van der Waals surface area contributed by atoms with Crippen LogP contribution in [0.4, 0.5) is 5.69 Å². The lowest BCUT2D eigenvalue weighted by atomic mass is 10.1. The molecule has 1 N–H and O–H groups in total. The molecule has 1 fully saturated rings. The fraction of sp³-hybridized carbons (Fsp3) is 0.421. The molecule has 3 nitrogen and oxygen atoms in total. The molecule has 3 heteroatoms. The number of anilines is 1. The summed E-state index contributed by atoms with van der Waals surface area (Å²) >= 11 is 0. The number of fused-ring (bicyclic) bond motifs is 1. The van der Waals surface area contributed by atoms with E-state index in [1.54, 1.807) is 0 Å². The van der Waals surface area contributed by atoms with Gasteiger partial charge in [-0.15, -0.1) is 0 Å². The van der Waals surface area contributed by atoms with Crippen LogP contribution in [0.3, 0.4) is 0 Å². The quantitative estimate of drug-likeness (QED) is 0.855. The molecule has 1 aliphatic rings. The summed E-state index contributed by atoms with van der Waals surface area (Å²) in [4.78, 5) is 12.4. The van der Waals surface area contributed by atoms with Gasteiger partial charge in [0, 0.05) is 5.69 Å². The maximum Gasteiger partial charge on any atom is 0.279 e. The van der Waals surface area contributed by atoms with Crippen molar-refractivity contribution >= 4 is 22.4 Å². The van der Waals surface area contributed by atoms with Crippen molar-refractivity contribution in [2.24, 2.45) is 0 Å². The van der Waals surface area contributed by atoms with E-state index in [1.807, 2.05) is 24.3 Å². The van der Waals surface area contributed by atoms with Gasteiger partial charge in [0.15, 0.2) is 6.54 Å². The first-order valence-corrected chi connectivity index (χ1v) is 8.16. The van der Waals surface area contributed by atoms with Crippen molar-refractivity contribution in [1.82, 2.24) is 0 Å². The Morgan fingerprint density at radius 3 is 2.50 bits per heavy atom. The van der Waals surface area contributed by atoms with E-state index in [1.165, 1.54) is 31.1 Å². The molecule has 1 aliphatic carbocycles. The van der Waals surface area contributed by atoms with Crippen LogP contribution < -0.4 is 5.32 Å². The predicted molar refractivity (Wildman–Crippen MR) is 91.8 cm³/mol. The van der Waals surface area contributed by atoms with Crippen molar-refractivity contribution in [3.05, 3.63) is 42.5 Å². The van der Waals surface area contributed by atoms with Crippen molar-refractivity contribution in [2.45, 2.75) is 31.7 Å². The summed E-state index contributed by atoms with van der Waals surface area (Å²) in [6.07, 6.45) is 5.10. The van der Waals surface area contributed by atoms with E-state index in [-0.39, 0.29) is 5.91 Å². The number of hydrogen-bond donors (Lipinski definition) is 1. The number of carbonyl (C=O) groups excluding carboxylic acids is 1. The number of nitrogens with zero attached hydrogens (tertiary/aromatic N) is 1. The van der Waals surface area contributed by atoms with E-state index < -0.39 is 0 Å². The van der Waals surface area contributed by atoms with Gasteiger partial charge in [0.2, 0.25) is 0 Å². The standard InChI is InChI=1S/C19H24N2O/c1-21(2,18-9-5-6-10-18)14-19(22)20-17-12-11-15-7-3-4-8-16(15)13-17/h3-4,7-8,11-13,18H,5-6,9-10,14H2,1-2H3/p+1. The zero-order chi connectivity index (χ0) is 15.6. The van der Waals surface area contributed by atoms with E-state index in [2.05, 4.69) is 37.6 Å². The second kappa shape index (κ2) is 6.09. The maximum absolute atomic E-state index is 12.4. The van der Waals surface area contributed by atoms with Crippen LogP contribution in [0.2, 0.25) is 0 Å². The van der Waals surface area contributed by atoms with Crippen LogP contribution in [0.25, 0.3) is 10.8 Å². The molecule has 0 spiro atoms. The van der Waals surface area contributed by atoms with E-state index in [9.17, 15) is 4.79 Å². The number of likely N-dealkylation sites (N-methyl/N-ethyl adjacent to an activating group) is 1. The zero-order valence-corrected chi connectivity index (χ0v) is 13.5. The molecule has 22 heavy (non-hydrogen) atoms. The number of rotatable bonds is 4. The molecule has 1 amide bonds. The SMILES string of the molecule is C[N+](C)(CC(=O)Nc1ccc2ccccc2c1)C1CCCC1. The second-order valence-corrected chi connectivity index (χ2v) is 6.99. The van der Waals surface area contributed by atoms with E-state index in [0.717, 1.165) is 15.6 Å². The third-order valence-electron chi connectivity index (χ3n) is 4.90. The number of hydrogen-bond acceptors (Lipinski definition) is 1. The molecule has 0 saturated heterocycles. The molecule has 1 saturated carbocycles. The Kier molecular flexibility index (Phi) is 4.16. The van der Waals surface area contributed by atoms with Crippen LogP contribution in [0.1, 0.15) is 25.7 Å². The molecule has 0 radical (unpaired) electrons. The van der Waals surface area contributed by atoms with Gasteiger partial charge < -0.3 is 9.80 Å². The first kappa shape index (κ1) is 15.0. The molecule has 0 bridgehead atoms. The molecule has 0 aliphatic heterocycles. The minimum Gasteiger partial charge on any atom is -0.321 e. The fourth-order valence-electron chi connectivity index (χ4n) is 3.57. The highest BCUT2D eigenvalue weighted by atomic mass is 16.2. The lowest BCUT2D eigenvalue weighted by Crippen LogP contribution is -2.51. The smallest absolute Gasteiger partial charge is 0.279 e. The van der Waals surface area contributed by atoms with Crippen molar-refractivity contribution in [1.29, 1.82) is 0 Å². The molecule has 0 heterocycles. The highest BCUT2D eigenvalue weighted by Gasteiger charge is 2.32. The molecule has 0 atom stereocenters. The molecule has 0 aromatic heterocycles. The highest BCUT2D eigenvalue weighted by molar-refractivity contribution is 5.94. The monoisotopic (exact) mass is 297 g/mol. The van der Waals surface area contributed by atoms with E-state index in [0.29, 0.717) is 12.6 Å². The minimum absolute atomic E-state index is 0.104. The summed E-state index contributed by atoms with van der Waals surface area (Å²) in [6, 6.07) is 14.9. The summed E-state index contributed by atoms with van der Waals surface area (Å²) in [5, 5.41) is 5.41. The van der Waals surface area contributed by atoms with E-state index >= 15 is 0 Å². The Labute approximate surface area is 132 Å². The van der Waals surface area contributed by atoms with Crippen molar-refractivity contribution in [3.8, 4) is 0 Å². The third-order valence-corrected chi connectivity index (χ3v) is 4.90. The molecule has 3 rings (SSSR count). The Hall–Kier alpha value is -1.87. The Morgan fingerprint density at radius 1 is 1.09 bits per heavy atom. The second-order valence-electron chi connectivity index (χ2n) is 6.99. The van der Waals surface area contributed by atoms with Crippen LogP contribution in [0.5, 0.6) is 0 Å². The normalized spacial score (nSPS) is 16.1. The maximum atomic E-state index is 12.4. The summed E-state index contributed by atoms with van der Waals surface area (Å²) < 4.78 is 0.791. The van der Waals surface area contributed by atoms with Crippen LogP contribution in [0.15, 0.2) is 42.5 Å². The highest BCUT2D eigenvalue weighted by Crippen LogP contribution is 2.26. The topological polar surface area (TPSA) is 29.1 Å². The van der Waals surface area contributed by atoms with Gasteiger partial charge in [0.05, 0.1) is 20.1 Å². The van der Waals surface area contributed by atoms with Crippen molar-refractivity contribution < 1.29 is 9.28 Å². The first-order valence-electron chi connectivity index (χ1n) is 8.16. The number of carbonyl (C=O) groups is 1. The number of amides is 1. The average molecular weight is 297 g/mol. The van der Waals surface area contributed by atoms with Gasteiger partial charge in [-0.05, 0) is 48.6 Å². The third kappa shape index (κ3) is 3.30. The largest absolute Gasteiger partial charge is 0.321 e. The van der Waals surface area contributed by atoms with Crippen molar-refractivity contribution in [3.63, 3.8) is 0 Å². The van der Waals surface area contributed by atoms with Crippen LogP contribution in [0, 0.1) is 0 Å². The van der Waals surface area contributed by atoms with Gasteiger partial charge in [-0.25, -0.2) is 0 Å². The zero-order valence-electron chi connectivity index (χ0n) is 13.5. The molecular formula is C19H25N2O+. The predicted octanol–water partition coefficient (Wildman–Crippen LogP) is 3.80. The Morgan fingerprint density at radius 2 is 1.77 bits per heavy atom. The molecule has 0 unspecified atom stereocenters. The number of benzene rings is 2. The molecule has 116 valence electrons. The first-order chi connectivity index (χ1) is 10.5. The van der Waals surface area contributed by atoms with Gasteiger partial charge in [-0.3, -0.25) is 4.79 Å². The van der Waals surface area contributed by atoms with Crippen LogP contribution >= 0.6 is 0 Å². The summed E-state index contributed by atoms with van der Waals surface area (Å²) in [7, 11) is 4.35. The number of nitrogens with one attached hydrogen (secondary N) is 1. The molecule has 2 aromatic rings. The molecular weight excluding hydrogens is 272 g/mol. The van der Waals surface area contributed by atoms with Gasteiger partial charge in [-0.2, -0.15) is 0 Å². The Balaban J connectivity index is 1.67. The molecule has 2 aromatic carbocycles. The summed E-state index contributed by atoms with van der Waals surface area (Å²) in [6.45, 7) is 0.539. The van der Waals surface area contributed by atoms with Gasteiger partial charge >= 0.3 is 0 Å². The average Bonchev–Trinajstić information content (AvgIpc) is 3.01. The summed E-state index contributed by atoms with van der Waals surface area (Å²) in [5.74, 6) is 0.104. The van der Waals surface area contributed by atoms with Gasteiger partial charge in [0.1, 0.15) is 0 Å². The van der Waals surface area contributed by atoms with Crippen LogP contribution in [-0.4, -0.2) is 37.1 Å². The van der Waals surface area contributed by atoms with Crippen molar-refractivity contribution in [2.75, 3.05) is 26.0 Å². The lowest BCUT2D eigenvalue weighted by Gasteiger charge is -2.35. The fourth-order valence-corrected chi connectivity index (χ4v) is 3.57. The van der Waals surface area contributed by atoms with Gasteiger partial charge in [-0.1, -0.05) is 30.3 Å². The van der Waals surface area contributed by atoms with Crippen LogP contribution in [-0.2, 0) is 4.79 Å². The van der Waals surface area contributed by atoms with Gasteiger partial charge in [0.25, 0.3) is 5.91 Å². The number of quaternary nitrogens is 1. The summed E-state index contributed by atoms with van der Waals surface area (Å²) in [5.41, 5.74) is 0.884. The minimum atomic E-state index is 0.104. The van der Waals surface area contributed by atoms with E-state index in [4.69, 9.17) is 0 Å².